The number of hydrogen-bond donors (Lipinski definition) is 1. The molecular formula is C28H25F4N3O3S. The molecule has 0 saturated carbocycles. The van der Waals surface area contributed by atoms with Gasteiger partial charge in [-0.15, -0.1) is 0 Å². The van der Waals surface area contributed by atoms with Crippen LogP contribution in [0.2, 0.25) is 0 Å². The molecule has 1 saturated heterocycles. The van der Waals surface area contributed by atoms with Gasteiger partial charge in [0.15, 0.2) is 5.11 Å². The van der Waals surface area contributed by atoms with E-state index in [-0.39, 0.29) is 30.2 Å². The predicted octanol–water partition coefficient (Wildman–Crippen LogP) is 5.82. The average molecular weight is 560 g/mol. The fourth-order valence-corrected chi connectivity index (χ4v) is 4.69. The molecule has 0 spiro atoms. The molecule has 0 aromatic heterocycles. The molecule has 1 heterocycles. The topological polar surface area (TPSA) is 61.9 Å². The lowest BCUT2D eigenvalue weighted by Gasteiger charge is -2.24. The SMILES string of the molecule is CCOc1ccc(NC(=O)C[C@H]2C(=O)N(c3cccc(C(F)(F)F)c3)C(=S)N2CCc2ccccc2F)cc1. The number of benzene rings is 3. The lowest BCUT2D eigenvalue weighted by Crippen LogP contribution is -2.39. The van der Waals surface area contributed by atoms with Gasteiger partial charge < -0.3 is 15.0 Å². The van der Waals surface area contributed by atoms with Gasteiger partial charge in [0.05, 0.1) is 24.3 Å². The van der Waals surface area contributed by atoms with Crippen LogP contribution in [0.4, 0.5) is 28.9 Å². The zero-order valence-electron chi connectivity index (χ0n) is 20.9. The maximum Gasteiger partial charge on any atom is 0.416 e. The molecule has 4 rings (SSSR count). The van der Waals surface area contributed by atoms with Crippen molar-refractivity contribution in [3.05, 3.63) is 89.7 Å². The third kappa shape index (κ3) is 6.54. The first kappa shape index (κ1) is 28.0. The van der Waals surface area contributed by atoms with Crippen LogP contribution < -0.4 is 15.0 Å². The van der Waals surface area contributed by atoms with Crippen molar-refractivity contribution in [3.8, 4) is 5.75 Å². The zero-order chi connectivity index (χ0) is 28.2. The second-order valence-corrected chi connectivity index (χ2v) is 9.13. The van der Waals surface area contributed by atoms with Crippen molar-refractivity contribution in [1.82, 2.24) is 4.90 Å². The maximum absolute atomic E-state index is 14.3. The average Bonchev–Trinajstić information content (AvgIpc) is 3.12. The molecule has 0 unspecified atom stereocenters. The Bertz CT molecular complexity index is 1360. The molecular weight excluding hydrogens is 534 g/mol. The summed E-state index contributed by atoms with van der Waals surface area (Å²) >= 11 is 5.52. The number of anilines is 2. The molecule has 2 amide bonds. The first-order valence-corrected chi connectivity index (χ1v) is 12.6. The molecule has 1 atom stereocenters. The minimum absolute atomic E-state index is 0.0606. The van der Waals surface area contributed by atoms with Crippen LogP contribution in [-0.2, 0) is 22.2 Å². The number of carbonyl (C=O) groups excluding carboxylic acids is 2. The number of amides is 2. The van der Waals surface area contributed by atoms with Crippen LogP contribution in [0.1, 0.15) is 24.5 Å². The van der Waals surface area contributed by atoms with E-state index in [0.717, 1.165) is 17.0 Å². The summed E-state index contributed by atoms with van der Waals surface area (Å²) < 4.78 is 59.7. The van der Waals surface area contributed by atoms with Crippen molar-refractivity contribution in [2.75, 3.05) is 23.4 Å². The van der Waals surface area contributed by atoms with Crippen molar-refractivity contribution < 1.29 is 31.9 Å². The standard InChI is InChI=1S/C28H25F4N3O3S/c1-2-38-22-12-10-20(11-13-22)33-25(36)17-24-26(37)35(21-8-5-7-19(16-21)28(30,31)32)27(39)34(24)15-14-18-6-3-4-9-23(18)29/h3-13,16,24H,2,14-15,17H2,1H3,(H,33,36)/t24-/m0/s1. The van der Waals surface area contributed by atoms with Gasteiger partial charge in [0.1, 0.15) is 17.6 Å². The van der Waals surface area contributed by atoms with E-state index >= 15 is 0 Å². The summed E-state index contributed by atoms with van der Waals surface area (Å²) in [6.07, 6.45) is -4.78. The molecule has 1 aliphatic heterocycles. The van der Waals surface area contributed by atoms with E-state index < -0.39 is 35.4 Å². The van der Waals surface area contributed by atoms with Crippen molar-refractivity contribution in [3.63, 3.8) is 0 Å². The molecule has 1 N–H and O–H groups in total. The Morgan fingerprint density at radius 2 is 1.77 bits per heavy atom. The Balaban J connectivity index is 1.58. The first-order valence-electron chi connectivity index (χ1n) is 12.2. The normalized spacial score (nSPS) is 15.6. The highest BCUT2D eigenvalue weighted by molar-refractivity contribution is 7.80. The van der Waals surface area contributed by atoms with Crippen LogP contribution in [0.25, 0.3) is 0 Å². The van der Waals surface area contributed by atoms with Crippen molar-refractivity contribution in [2.45, 2.75) is 32.0 Å². The fraction of sp³-hybridized carbons (Fsp3) is 0.250. The second kappa shape index (κ2) is 11.8. The largest absolute Gasteiger partial charge is 0.494 e. The van der Waals surface area contributed by atoms with E-state index in [2.05, 4.69) is 5.32 Å². The quantitative estimate of drug-likeness (QED) is 0.265. The number of hydrogen-bond acceptors (Lipinski definition) is 4. The van der Waals surface area contributed by atoms with Gasteiger partial charge in [-0.1, -0.05) is 24.3 Å². The molecule has 0 aliphatic carbocycles. The van der Waals surface area contributed by atoms with E-state index in [0.29, 0.717) is 23.6 Å². The molecule has 39 heavy (non-hydrogen) atoms. The van der Waals surface area contributed by atoms with Gasteiger partial charge in [-0.3, -0.25) is 14.5 Å². The third-order valence-electron chi connectivity index (χ3n) is 6.16. The van der Waals surface area contributed by atoms with Gasteiger partial charge in [0.25, 0.3) is 5.91 Å². The number of halogens is 4. The number of alkyl halides is 3. The summed E-state index contributed by atoms with van der Waals surface area (Å²) in [7, 11) is 0. The smallest absolute Gasteiger partial charge is 0.416 e. The third-order valence-corrected chi connectivity index (χ3v) is 6.58. The highest BCUT2D eigenvalue weighted by Crippen LogP contribution is 2.34. The van der Waals surface area contributed by atoms with Crippen molar-refractivity contribution >= 4 is 40.5 Å². The van der Waals surface area contributed by atoms with Gasteiger partial charge >= 0.3 is 6.18 Å². The zero-order valence-corrected chi connectivity index (χ0v) is 21.7. The molecule has 6 nitrogen and oxygen atoms in total. The molecule has 3 aromatic rings. The Hall–Kier alpha value is -3.99. The molecule has 11 heteroatoms. The minimum Gasteiger partial charge on any atom is -0.494 e. The summed E-state index contributed by atoms with van der Waals surface area (Å²) in [4.78, 5) is 28.9. The van der Waals surface area contributed by atoms with E-state index in [1.807, 2.05) is 6.92 Å². The highest BCUT2D eigenvalue weighted by Gasteiger charge is 2.44. The molecule has 1 fully saturated rings. The van der Waals surface area contributed by atoms with Crippen LogP contribution in [-0.4, -0.2) is 41.0 Å². The van der Waals surface area contributed by atoms with E-state index in [4.69, 9.17) is 17.0 Å². The van der Waals surface area contributed by atoms with Gasteiger partial charge in [0, 0.05) is 12.2 Å². The van der Waals surface area contributed by atoms with Gasteiger partial charge in [0.2, 0.25) is 5.91 Å². The molecule has 204 valence electrons. The Morgan fingerprint density at radius 1 is 1.05 bits per heavy atom. The van der Waals surface area contributed by atoms with E-state index in [1.165, 1.54) is 23.1 Å². The highest BCUT2D eigenvalue weighted by atomic mass is 32.1. The van der Waals surface area contributed by atoms with E-state index in [9.17, 15) is 27.2 Å². The molecule has 0 bridgehead atoms. The summed E-state index contributed by atoms with van der Waals surface area (Å²) in [5.41, 5.74) is -0.151. The Morgan fingerprint density at radius 3 is 2.44 bits per heavy atom. The van der Waals surface area contributed by atoms with E-state index in [1.54, 1.807) is 42.5 Å². The van der Waals surface area contributed by atoms with Crippen LogP contribution in [0.5, 0.6) is 5.75 Å². The van der Waals surface area contributed by atoms with Crippen LogP contribution in [0, 0.1) is 5.82 Å². The second-order valence-electron chi connectivity index (χ2n) is 8.76. The van der Waals surface area contributed by atoms with Gasteiger partial charge in [-0.05, 0) is 79.7 Å². The number of carbonyl (C=O) groups is 2. The van der Waals surface area contributed by atoms with Crippen LogP contribution >= 0.6 is 12.2 Å². The maximum atomic E-state index is 14.3. The number of rotatable bonds is 9. The summed E-state index contributed by atoms with van der Waals surface area (Å²) in [5, 5.41) is 2.66. The van der Waals surface area contributed by atoms with Crippen LogP contribution in [0.3, 0.4) is 0 Å². The van der Waals surface area contributed by atoms with Gasteiger partial charge in [-0.2, -0.15) is 13.2 Å². The lowest BCUT2D eigenvalue weighted by molar-refractivity contribution is -0.137. The number of nitrogens with one attached hydrogen (secondary N) is 1. The monoisotopic (exact) mass is 559 g/mol. The summed E-state index contributed by atoms with van der Waals surface area (Å²) in [6.45, 7) is 2.40. The number of nitrogens with zero attached hydrogens (tertiary/aromatic N) is 2. The summed E-state index contributed by atoms with van der Waals surface area (Å²) in [5.74, 6) is -0.951. The molecule has 0 radical (unpaired) electrons. The predicted molar refractivity (Wildman–Crippen MR) is 143 cm³/mol. The number of thiocarbonyl (C=S) groups is 1. The lowest BCUT2D eigenvalue weighted by atomic mass is 10.1. The first-order chi connectivity index (χ1) is 18.6. The van der Waals surface area contributed by atoms with Crippen LogP contribution in [0.15, 0.2) is 72.8 Å². The molecule has 1 aliphatic rings. The Kier molecular flexibility index (Phi) is 8.49. The fourth-order valence-electron chi connectivity index (χ4n) is 4.28. The summed E-state index contributed by atoms with van der Waals surface area (Å²) in [6, 6.07) is 15.9. The number of ether oxygens (including phenoxy) is 1. The van der Waals surface area contributed by atoms with Crippen molar-refractivity contribution in [1.29, 1.82) is 0 Å². The van der Waals surface area contributed by atoms with Crippen molar-refractivity contribution in [2.24, 2.45) is 0 Å². The molecule has 3 aromatic carbocycles. The van der Waals surface area contributed by atoms with Gasteiger partial charge in [-0.25, -0.2) is 4.39 Å². The minimum atomic E-state index is -4.62. The Labute approximate surface area is 228 Å².